The molecule has 2 fully saturated rings. The van der Waals surface area contributed by atoms with E-state index in [0.717, 1.165) is 32.1 Å². The molecule has 16 heavy (non-hydrogen) atoms. The van der Waals surface area contributed by atoms with E-state index in [0.29, 0.717) is 0 Å². The molecule has 2 atom stereocenters. The summed E-state index contributed by atoms with van der Waals surface area (Å²) >= 11 is 0. The minimum atomic E-state index is -1.07. The highest BCUT2D eigenvalue weighted by Gasteiger charge is 2.48. The Bertz CT molecular complexity index is 264. The third-order valence-corrected chi connectivity index (χ3v) is 3.38. The Kier molecular flexibility index (Phi) is 3.41. The summed E-state index contributed by atoms with van der Waals surface area (Å²) in [6.45, 7) is -0.288. The standard InChI is InChI=1S/C10H17NO5/c12-6-8(11(13)14)9-7-15-10(16-9)4-2-1-3-5-10/h8-9,12H,1-7H2/t8?,9-/m0/s1. The van der Waals surface area contributed by atoms with E-state index < -0.39 is 29.5 Å². The van der Waals surface area contributed by atoms with Gasteiger partial charge < -0.3 is 14.6 Å². The lowest BCUT2D eigenvalue weighted by atomic mass is 9.94. The molecule has 0 aromatic heterocycles. The van der Waals surface area contributed by atoms with Crippen molar-refractivity contribution >= 4 is 0 Å². The summed E-state index contributed by atoms with van der Waals surface area (Å²) in [5.74, 6) is -0.605. The molecule has 0 radical (unpaired) electrons. The molecule has 6 nitrogen and oxygen atoms in total. The van der Waals surface area contributed by atoms with E-state index >= 15 is 0 Å². The zero-order valence-corrected chi connectivity index (χ0v) is 9.13. The van der Waals surface area contributed by atoms with Crippen LogP contribution in [0.2, 0.25) is 0 Å². The topological polar surface area (TPSA) is 81.8 Å². The molecular formula is C10H17NO5. The van der Waals surface area contributed by atoms with Crippen molar-refractivity contribution < 1.29 is 19.5 Å². The van der Waals surface area contributed by atoms with Crippen molar-refractivity contribution in [1.29, 1.82) is 0 Å². The molecular weight excluding hydrogens is 214 g/mol. The summed E-state index contributed by atoms with van der Waals surface area (Å²) in [7, 11) is 0. The Morgan fingerprint density at radius 2 is 2.12 bits per heavy atom. The Morgan fingerprint density at radius 1 is 1.44 bits per heavy atom. The Balaban J connectivity index is 1.98. The number of nitrogens with zero attached hydrogens (tertiary/aromatic N) is 1. The fourth-order valence-electron chi connectivity index (χ4n) is 2.44. The van der Waals surface area contributed by atoms with Gasteiger partial charge in [0.05, 0.1) is 6.61 Å². The summed E-state index contributed by atoms with van der Waals surface area (Å²) < 4.78 is 11.3. The van der Waals surface area contributed by atoms with Crippen LogP contribution in [0.25, 0.3) is 0 Å². The molecule has 1 N–H and O–H groups in total. The molecule has 0 aromatic rings. The van der Waals surface area contributed by atoms with Crippen LogP contribution in [0.4, 0.5) is 0 Å². The maximum atomic E-state index is 10.7. The zero-order chi connectivity index (χ0) is 11.6. The van der Waals surface area contributed by atoms with E-state index in [9.17, 15) is 10.1 Å². The van der Waals surface area contributed by atoms with Crippen LogP contribution in [-0.2, 0) is 9.47 Å². The average Bonchev–Trinajstić information content (AvgIpc) is 2.64. The molecule has 92 valence electrons. The summed E-state index contributed by atoms with van der Waals surface area (Å²) in [6, 6.07) is -1.07. The van der Waals surface area contributed by atoms with E-state index in [1.54, 1.807) is 0 Å². The number of rotatable bonds is 3. The second kappa shape index (κ2) is 4.65. The van der Waals surface area contributed by atoms with Gasteiger partial charge in [-0.15, -0.1) is 0 Å². The lowest BCUT2D eigenvalue weighted by molar-refractivity contribution is -0.538. The maximum absolute atomic E-state index is 10.7. The monoisotopic (exact) mass is 231 g/mol. The number of ether oxygens (including phenoxy) is 2. The maximum Gasteiger partial charge on any atom is 0.263 e. The molecule has 1 saturated carbocycles. The summed E-state index contributed by atoms with van der Waals surface area (Å²) in [4.78, 5) is 10.2. The lowest BCUT2D eigenvalue weighted by Gasteiger charge is -2.31. The van der Waals surface area contributed by atoms with Crippen LogP contribution >= 0.6 is 0 Å². The first-order chi connectivity index (χ1) is 7.67. The highest BCUT2D eigenvalue weighted by atomic mass is 16.7. The fraction of sp³-hybridized carbons (Fsp3) is 1.00. The minimum absolute atomic E-state index is 0.214. The van der Waals surface area contributed by atoms with Gasteiger partial charge in [-0.05, 0) is 12.8 Å². The molecule has 0 bridgehead atoms. The summed E-state index contributed by atoms with van der Waals surface area (Å²) in [5, 5.41) is 19.7. The average molecular weight is 231 g/mol. The van der Waals surface area contributed by atoms with Gasteiger partial charge in [-0.1, -0.05) is 6.42 Å². The van der Waals surface area contributed by atoms with Gasteiger partial charge in [-0.2, -0.15) is 0 Å². The lowest BCUT2D eigenvalue weighted by Crippen LogP contribution is -2.41. The second-order valence-electron chi connectivity index (χ2n) is 4.47. The van der Waals surface area contributed by atoms with Crippen LogP contribution in [0.15, 0.2) is 0 Å². The quantitative estimate of drug-likeness (QED) is 0.571. The van der Waals surface area contributed by atoms with Crippen molar-refractivity contribution in [2.45, 2.75) is 50.0 Å². The van der Waals surface area contributed by atoms with Crippen molar-refractivity contribution in [2.24, 2.45) is 0 Å². The predicted molar refractivity (Wildman–Crippen MR) is 54.5 cm³/mol. The van der Waals surface area contributed by atoms with Crippen molar-refractivity contribution in [3.8, 4) is 0 Å². The van der Waals surface area contributed by atoms with Crippen molar-refractivity contribution in [3.05, 3.63) is 10.1 Å². The number of aliphatic hydroxyl groups is 1. The van der Waals surface area contributed by atoms with Crippen molar-refractivity contribution in [1.82, 2.24) is 0 Å². The van der Waals surface area contributed by atoms with E-state index in [-0.39, 0.29) is 6.61 Å². The largest absolute Gasteiger partial charge is 0.389 e. The number of hydrogen-bond acceptors (Lipinski definition) is 5. The SMILES string of the molecule is O=[N+]([O-])C(CO)[C@@H]1COC2(CCCCC2)O1. The van der Waals surface area contributed by atoms with Crippen LogP contribution in [-0.4, -0.2) is 41.2 Å². The Morgan fingerprint density at radius 3 is 2.69 bits per heavy atom. The van der Waals surface area contributed by atoms with Gasteiger partial charge in [0.2, 0.25) is 0 Å². The van der Waals surface area contributed by atoms with E-state index in [4.69, 9.17) is 14.6 Å². The molecule has 0 aromatic carbocycles. The Labute approximate surface area is 93.7 Å². The van der Waals surface area contributed by atoms with Gasteiger partial charge in [-0.25, -0.2) is 0 Å². The Hall–Kier alpha value is -0.720. The minimum Gasteiger partial charge on any atom is -0.389 e. The van der Waals surface area contributed by atoms with E-state index in [1.807, 2.05) is 0 Å². The molecule has 2 rings (SSSR count). The van der Waals surface area contributed by atoms with Crippen molar-refractivity contribution in [2.75, 3.05) is 13.2 Å². The molecule has 1 spiro atoms. The molecule has 6 heteroatoms. The highest BCUT2D eigenvalue weighted by Crippen LogP contribution is 2.38. The van der Waals surface area contributed by atoms with Crippen LogP contribution in [0.5, 0.6) is 0 Å². The molecule has 1 aliphatic carbocycles. The third-order valence-electron chi connectivity index (χ3n) is 3.38. The van der Waals surface area contributed by atoms with Gasteiger partial charge in [0.1, 0.15) is 6.61 Å². The first-order valence-corrected chi connectivity index (χ1v) is 5.73. The van der Waals surface area contributed by atoms with Gasteiger partial charge in [0, 0.05) is 17.8 Å². The molecule has 1 aliphatic heterocycles. The highest BCUT2D eigenvalue weighted by molar-refractivity contribution is 4.85. The van der Waals surface area contributed by atoms with Crippen LogP contribution in [0, 0.1) is 10.1 Å². The fourth-order valence-corrected chi connectivity index (χ4v) is 2.44. The zero-order valence-electron chi connectivity index (χ0n) is 9.13. The second-order valence-corrected chi connectivity index (χ2v) is 4.47. The first kappa shape index (κ1) is 11.8. The first-order valence-electron chi connectivity index (χ1n) is 5.73. The van der Waals surface area contributed by atoms with E-state index in [2.05, 4.69) is 0 Å². The van der Waals surface area contributed by atoms with Gasteiger partial charge in [0.25, 0.3) is 6.04 Å². The van der Waals surface area contributed by atoms with Gasteiger partial charge in [0.15, 0.2) is 11.9 Å². The van der Waals surface area contributed by atoms with Gasteiger partial charge in [-0.3, -0.25) is 10.1 Å². The summed E-state index contributed by atoms with van der Waals surface area (Å²) in [6.07, 6.45) is 4.23. The van der Waals surface area contributed by atoms with E-state index in [1.165, 1.54) is 0 Å². The number of aliphatic hydroxyl groups excluding tert-OH is 1. The smallest absolute Gasteiger partial charge is 0.263 e. The van der Waals surface area contributed by atoms with Crippen LogP contribution in [0.1, 0.15) is 32.1 Å². The number of hydrogen-bond donors (Lipinski definition) is 1. The summed E-state index contributed by atoms with van der Waals surface area (Å²) in [5.41, 5.74) is 0. The molecule has 1 unspecified atom stereocenters. The molecule has 0 amide bonds. The molecule has 1 saturated heterocycles. The van der Waals surface area contributed by atoms with Gasteiger partial charge >= 0.3 is 0 Å². The molecule has 2 aliphatic rings. The predicted octanol–water partition coefficient (Wildman–Crippen LogP) is 0.700. The molecule has 1 heterocycles. The third kappa shape index (κ3) is 2.18. The number of nitro groups is 1. The van der Waals surface area contributed by atoms with Crippen LogP contribution in [0.3, 0.4) is 0 Å². The van der Waals surface area contributed by atoms with Crippen LogP contribution < -0.4 is 0 Å². The van der Waals surface area contributed by atoms with Crippen molar-refractivity contribution in [3.63, 3.8) is 0 Å². The normalized spacial score (nSPS) is 30.4.